The first-order chi connectivity index (χ1) is 12.8. The standard InChI is InChI=1S/C21H24N4O/c26-21-8-4-7-19(13-21)24-11-9-23(10-12-24)16-20-14-22-17-25(20)15-18-5-2-1-3-6-18/h1-8,13-14,17,26H,9-12,15-16H2. The Kier molecular flexibility index (Phi) is 4.88. The monoisotopic (exact) mass is 348 g/mol. The summed E-state index contributed by atoms with van der Waals surface area (Å²) >= 11 is 0. The van der Waals surface area contributed by atoms with E-state index >= 15 is 0 Å². The second-order valence-corrected chi connectivity index (χ2v) is 6.78. The number of aromatic hydroxyl groups is 1. The summed E-state index contributed by atoms with van der Waals surface area (Å²) in [5.41, 5.74) is 3.64. The average Bonchev–Trinajstić information content (AvgIpc) is 3.10. The van der Waals surface area contributed by atoms with E-state index in [9.17, 15) is 5.11 Å². The maximum atomic E-state index is 9.67. The highest BCUT2D eigenvalue weighted by atomic mass is 16.3. The van der Waals surface area contributed by atoms with Crippen LogP contribution in [0.1, 0.15) is 11.3 Å². The fourth-order valence-electron chi connectivity index (χ4n) is 3.49. The van der Waals surface area contributed by atoms with Crippen LogP contribution in [0.3, 0.4) is 0 Å². The number of anilines is 1. The molecule has 0 aliphatic carbocycles. The second-order valence-electron chi connectivity index (χ2n) is 6.78. The third kappa shape index (κ3) is 3.89. The number of imidazole rings is 1. The molecule has 5 heteroatoms. The zero-order valence-corrected chi connectivity index (χ0v) is 14.8. The average molecular weight is 348 g/mol. The molecule has 1 aliphatic heterocycles. The van der Waals surface area contributed by atoms with Crippen molar-refractivity contribution in [1.82, 2.24) is 14.5 Å². The van der Waals surface area contributed by atoms with Crippen LogP contribution in [0, 0.1) is 0 Å². The molecule has 0 spiro atoms. The number of benzene rings is 2. The third-order valence-corrected chi connectivity index (χ3v) is 4.95. The lowest BCUT2D eigenvalue weighted by molar-refractivity contribution is 0.244. The van der Waals surface area contributed by atoms with Crippen LogP contribution in [0.15, 0.2) is 67.1 Å². The Bertz CT molecular complexity index is 838. The van der Waals surface area contributed by atoms with Crippen molar-refractivity contribution in [3.05, 3.63) is 78.4 Å². The minimum Gasteiger partial charge on any atom is -0.508 e. The van der Waals surface area contributed by atoms with E-state index in [2.05, 4.69) is 49.7 Å². The molecule has 2 aromatic carbocycles. The molecule has 2 heterocycles. The van der Waals surface area contributed by atoms with E-state index in [4.69, 9.17) is 0 Å². The number of hydrogen-bond donors (Lipinski definition) is 1. The fourth-order valence-corrected chi connectivity index (χ4v) is 3.49. The van der Waals surface area contributed by atoms with Crippen LogP contribution < -0.4 is 4.90 Å². The van der Waals surface area contributed by atoms with E-state index < -0.39 is 0 Å². The van der Waals surface area contributed by atoms with Crippen LogP contribution in [-0.4, -0.2) is 45.7 Å². The van der Waals surface area contributed by atoms with Crippen LogP contribution in [0.25, 0.3) is 0 Å². The van der Waals surface area contributed by atoms with Gasteiger partial charge in [-0.3, -0.25) is 4.90 Å². The van der Waals surface area contributed by atoms with E-state index in [0.29, 0.717) is 5.75 Å². The van der Waals surface area contributed by atoms with Gasteiger partial charge in [0.1, 0.15) is 5.75 Å². The van der Waals surface area contributed by atoms with Crippen LogP contribution in [-0.2, 0) is 13.1 Å². The molecule has 0 bridgehead atoms. The Morgan fingerprint density at radius 2 is 1.69 bits per heavy atom. The summed E-state index contributed by atoms with van der Waals surface area (Å²) in [6.45, 7) is 5.73. The maximum Gasteiger partial charge on any atom is 0.117 e. The molecule has 0 saturated carbocycles. The first-order valence-electron chi connectivity index (χ1n) is 9.07. The summed E-state index contributed by atoms with van der Waals surface area (Å²) in [4.78, 5) is 9.16. The normalized spacial score (nSPS) is 15.3. The fraction of sp³-hybridized carbons (Fsp3) is 0.286. The number of hydrogen-bond acceptors (Lipinski definition) is 4. The van der Waals surface area contributed by atoms with E-state index in [1.165, 1.54) is 11.3 Å². The molecule has 26 heavy (non-hydrogen) atoms. The highest BCUT2D eigenvalue weighted by Crippen LogP contribution is 2.21. The summed E-state index contributed by atoms with van der Waals surface area (Å²) in [6, 6.07) is 18.0. The van der Waals surface area contributed by atoms with Crippen molar-refractivity contribution in [2.75, 3.05) is 31.1 Å². The number of phenolic OH excluding ortho intramolecular Hbond substituents is 1. The van der Waals surface area contributed by atoms with Crippen LogP contribution in [0.5, 0.6) is 5.75 Å². The van der Waals surface area contributed by atoms with Crippen LogP contribution in [0.4, 0.5) is 5.69 Å². The molecule has 0 amide bonds. The molecule has 5 nitrogen and oxygen atoms in total. The molecule has 0 radical (unpaired) electrons. The second kappa shape index (κ2) is 7.62. The number of piperazine rings is 1. The van der Waals surface area contributed by atoms with Gasteiger partial charge in [0.15, 0.2) is 0 Å². The third-order valence-electron chi connectivity index (χ3n) is 4.95. The molecule has 4 rings (SSSR count). The lowest BCUT2D eigenvalue weighted by Gasteiger charge is -2.36. The van der Waals surface area contributed by atoms with Gasteiger partial charge < -0.3 is 14.6 Å². The van der Waals surface area contributed by atoms with Gasteiger partial charge in [-0.15, -0.1) is 0 Å². The van der Waals surface area contributed by atoms with E-state index in [-0.39, 0.29) is 0 Å². The molecule has 1 aromatic heterocycles. The van der Waals surface area contributed by atoms with Crippen molar-refractivity contribution in [2.24, 2.45) is 0 Å². The first kappa shape index (κ1) is 16.7. The summed E-state index contributed by atoms with van der Waals surface area (Å²) in [5.74, 6) is 0.328. The molecule has 134 valence electrons. The van der Waals surface area contributed by atoms with Gasteiger partial charge in [-0.2, -0.15) is 0 Å². The predicted molar refractivity (Wildman–Crippen MR) is 103 cm³/mol. The molecule has 0 atom stereocenters. The Morgan fingerprint density at radius 3 is 2.46 bits per heavy atom. The summed E-state index contributed by atoms with van der Waals surface area (Å²) in [5, 5.41) is 9.67. The molecular formula is C21H24N4O. The zero-order valence-electron chi connectivity index (χ0n) is 14.8. The van der Waals surface area contributed by atoms with Crippen molar-refractivity contribution in [3.63, 3.8) is 0 Å². The van der Waals surface area contributed by atoms with Gasteiger partial charge in [-0.1, -0.05) is 36.4 Å². The van der Waals surface area contributed by atoms with Gasteiger partial charge in [-0.05, 0) is 17.7 Å². The number of phenols is 1. The Hall–Kier alpha value is -2.79. The van der Waals surface area contributed by atoms with Crippen molar-refractivity contribution < 1.29 is 5.11 Å². The van der Waals surface area contributed by atoms with Gasteiger partial charge in [0.2, 0.25) is 0 Å². The Balaban J connectivity index is 1.36. The quantitative estimate of drug-likeness (QED) is 0.770. The molecule has 1 fully saturated rings. The summed E-state index contributed by atoms with van der Waals surface area (Å²) in [6.07, 6.45) is 3.90. The van der Waals surface area contributed by atoms with Gasteiger partial charge in [-0.25, -0.2) is 4.98 Å². The van der Waals surface area contributed by atoms with E-state index in [1.54, 1.807) is 6.07 Å². The van der Waals surface area contributed by atoms with E-state index in [1.807, 2.05) is 30.7 Å². The SMILES string of the molecule is Oc1cccc(N2CCN(Cc3cncn3Cc3ccccc3)CC2)c1. The number of rotatable bonds is 5. The van der Waals surface area contributed by atoms with Crippen molar-refractivity contribution in [2.45, 2.75) is 13.1 Å². The van der Waals surface area contributed by atoms with Gasteiger partial charge in [0, 0.05) is 57.2 Å². The smallest absolute Gasteiger partial charge is 0.117 e. The van der Waals surface area contributed by atoms with Crippen LogP contribution in [0.2, 0.25) is 0 Å². The van der Waals surface area contributed by atoms with Gasteiger partial charge >= 0.3 is 0 Å². The Morgan fingerprint density at radius 1 is 0.885 bits per heavy atom. The van der Waals surface area contributed by atoms with Crippen LogP contribution >= 0.6 is 0 Å². The lowest BCUT2D eigenvalue weighted by Crippen LogP contribution is -2.46. The molecule has 1 N–H and O–H groups in total. The Labute approximate surface area is 154 Å². The minimum atomic E-state index is 0.328. The topological polar surface area (TPSA) is 44.5 Å². The maximum absolute atomic E-state index is 9.67. The van der Waals surface area contributed by atoms with E-state index in [0.717, 1.165) is 45.0 Å². The molecular weight excluding hydrogens is 324 g/mol. The largest absolute Gasteiger partial charge is 0.508 e. The number of nitrogens with zero attached hydrogens (tertiary/aromatic N) is 4. The number of aromatic nitrogens is 2. The van der Waals surface area contributed by atoms with Crippen molar-refractivity contribution >= 4 is 5.69 Å². The zero-order chi connectivity index (χ0) is 17.8. The minimum absolute atomic E-state index is 0.328. The summed E-state index contributed by atoms with van der Waals surface area (Å²) < 4.78 is 2.23. The van der Waals surface area contributed by atoms with Crippen molar-refractivity contribution in [3.8, 4) is 5.75 Å². The lowest BCUT2D eigenvalue weighted by atomic mass is 10.2. The van der Waals surface area contributed by atoms with Gasteiger partial charge in [0.05, 0.1) is 12.0 Å². The highest BCUT2D eigenvalue weighted by molar-refractivity contribution is 5.50. The molecule has 0 unspecified atom stereocenters. The van der Waals surface area contributed by atoms with Crippen molar-refractivity contribution in [1.29, 1.82) is 0 Å². The molecule has 3 aromatic rings. The molecule has 1 aliphatic rings. The highest BCUT2D eigenvalue weighted by Gasteiger charge is 2.18. The van der Waals surface area contributed by atoms with Gasteiger partial charge in [0.25, 0.3) is 0 Å². The molecule has 1 saturated heterocycles. The first-order valence-corrected chi connectivity index (χ1v) is 9.07. The summed E-state index contributed by atoms with van der Waals surface area (Å²) in [7, 11) is 0. The predicted octanol–water partition coefficient (Wildman–Crippen LogP) is 2.96.